The van der Waals surface area contributed by atoms with Crippen LogP contribution in [0.15, 0.2) is 12.7 Å². The number of aliphatic carboxylic acids is 3. The first-order chi connectivity index (χ1) is 12.5. The molecule has 0 aliphatic rings. The van der Waals surface area contributed by atoms with Gasteiger partial charge in [-0.2, -0.15) is 12.6 Å². The summed E-state index contributed by atoms with van der Waals surface area (Å²) >= 11 is 3.90. The van der Waals surface area contributed by atoms with Crippen molar-refractivity contribution >= 4 is 42.4 Å². The number of hydrogen-bond acceptors (Lipinski definition) is 7. The van der Waals surface area contributed by atoms with Crippen molar-refractivity contribution < 1.29 is 39.3 Å². The van der Waals surface area contributed by atoms with Crippen LogP contribution >= 0.6 is 12.6 Å². The van der Waals surface area contributed by atoms with Crippen molar-refractivity contribution in [1.82, 2.24) is 16.0 Å². The van der Waals surface area contributed by atoms with Crippen LogP contribution < -0.4 is 16.0 Å². The normalized spacial score (nSPS) is 14.9. The van der Waals surface area contributed by atoms with E-state index in [9.17, 15) is 29.1 Å². The van der Waals surface area contributed by atoms with Crippen molar-refractivity contribution in [3.63, 3.8) is 0 Å². The van der Waals surface area contributed by atoms with Crippen LogP contribution in [-0.4, -0.2) is 75.0 Å². The minimum atomic E-state index is -1.70. The lowest BCUT2D eigenvalue weighted by molar-refractivity contribution is -0.145. The third kappa shape index (κ3) is 8.55. The zero-order valence-corrected chi connectivity index (χ0v) is 15.5. The van der Waals surface area contributed by atoms with E-state index in [-0.39, 0.29) is 18.6 Å². The molecular weight excluding hydrogens is 382 g/mol. The Morgan fingerprint density at radius 2 is 1.74 bits per heavy atom. The molecule has 0 aliphatic carbocycles. The summed E-state index contributed by atoms with van der Waals surface area (Å²) in [6, 6.07) is -2.46. The Balaban J connectivity index is 4.79. The van der Waals surface area contributed by atoms with Crippen LogP contribution in [0, 0.1) is 0 Å². The molecule has 0 saturated carbocycles. The molecule has 6 N–H and O–H groups in total. The lowest BCUT2D eigenvalue weighted by atomic mass is 9.99. The van der Waals surface area contributed by atoms with Gasteiger partial charge in [0.25, 0.3) is 0 Å². The first kappa shape index (κ1) is 24.4. The lowest BCUT2D eigenvalue weighted by Crippen LogP contribution is -2.55. The molecule has 2 amide bonds. The number of rotatable bonds is 13. The highest BCUT2D eigenvalue weighted by Crippen LogP contribution is 2.10. The number of nitrogens with one attached hydrogen (secondary N) is 3. The monoisotopic (exact) mass is 405 g/mol. The highest BCUT2D eigenvalue weighted by atomic mass is 32.1. The van der Waals surface area contributed by atoms with Gasteiger partial charge in [-0.05, 0) is 13.3 Å². The highest BCUT2D eigenvalue weighted by Gasteiger charge is 2.34. The standard InChI is InChI=1S/C15H23N3O8S/c1-3-15(2,14(25)26)18-8(13(23)24)4-5-10(19)17-9(7-27)12(22)16-6-11(20)21/h3,8-9,18,27H,1,4-7H2,2H3,(H,16,22)(H,17,19)(H,20,21)(H,23,24)(H,25,26)/t8-,9-,15?/m0/s1. The second-order valence-corrected chi connectivity index (χ2v) is 6.06. The zero-order valence-electron chi connectivity index (χ0n) is 14.6. The van der Waals surface area contributed by atoms with Gasteiger partial charge in [-0.1, -0.05) is 6.08 Å². The third-order valence-electron chi connectivity index (χ3n) is 3.53. The maximum absolute atomic E-state index is 12.0. The molecule has 12 heteroatoms. The molecule has 11 nitrogen and oxygen atoms in total. The van der Waals surface area contributed by atoms with Crippen molar-refractivity contribution in [2.45, 2.75) is 37.4 Å². The molecule has 0 saturated heterocycles. The van der Waals surface area contributed by atoms with Gasteiger partial charge in [-0.15, -0.1) is 6.58 Å². The number of amides is 2. The Labute approximate surface area is 160 Å². The summed E-state index contributed by atoms with van der Waals surface area (Å²) in [7, 11) is 0. The van der Waals surface area contributed by atoms with Crippen LogP contribution in [0.5, 0.6) is 0 Å². The van der Waals surface area contributed by atoms with Crippen molar-refractivity contribution in [2.75, 3.05) is 12.3 Å². The van der Waals surface area contributed by atoms with Crippen molar-refractivity contribution in [2.24, 2.45) is 0 Å². The molecule has 152 valence electrons. The fourth-order valence-electron chi connectivity index (χ4n) is 1.85. The molecule has 0 bridgehead atoms. The van der Waals surface area contributed by atoms with E-state index >= 15 is 0 Å². The fraction of sp³-hybridized carbons (Fsp3) is 0.533. The van der Waals surface area contributed by atoms with Gasteiger partial charge in [0.1, 0.15) is 24.2 Å². The SMILES string of the molecule is C=CC(C)(N[C@@H](CCC(=O)N[C@@H](CS)C(=O)NCC(=O)O)C(=O)O)C(=O)O. The van der Waals surface area contributed by atoms with E-state index in [0.717, 1.165) is 6.08 Å². The average molecular weight is 405 g/mol. The van der Waals surface area contributed by atoms with Gasteiger partial charge >= 0.3 is 17.9 Å². The largest absolute Gasteiger partial charge is 0.480 e. The van der Waals surface area contributed by atoms with E-state index in [1.165, 1.54) is 6.92 Å². The molecule has 0 aromatic carbocycles. The molecular formula is C15H23N3O8S. The maximum Gasteiger partial charge on any atom is 0.327 e. The third-order valence-corrected chi connectivity index (χ3v) is 3.90. The summed E-state index contributed by atoms with van der Waals surface area (Å²) in [5.41, 5.74) is -1.70. The molecule has 0 radical (unpaired) electrons. The van der Waals surface area contributed by atoms with Crippen molar-refractivity contribution in [3.05, 3.63) is 12.7 Å². The van der Waals surface area contributed by atoms with Crippen LogP contribution in [0.4, 0.5) is 0 Å². The maximum atomic E-state index is 12.0. The fourth-order valence-corrected chi connectivity index (χ4v) is 2.11. The first-order valence-corrected chi connectivity index (χ1v) is 8.37. The summed E-state index contributed by atoms with van der Waals surface area (Å²) in [6.45, 7) is 3.95. The predicted octanol–water partition coefficient (Wildman–Crippen LogP) is -1.55. The van der Waals surface area contributed by atoms with Gasteiger partial charge in [0.05, 0.1) is 0 Å². The average Bonchev–Trinajstić information content (AvgIpc) is 2.60. The number of carboxylic acid groups (broad SMARTS) is 3. The number of carbonyl (C=O) groups is 5. The Kier molecular flexibility index (Phi) is 10.1. The Morgan fingerprint density at radius 3 is 2.15 bits per heavy atom. The van der Waals surface area contributed by atoms with Gasteiger partial charge in [-0.3, -0.25) is 24.5 Å². The van der Waals surface area contributed by atoms with Crippen LogP contribution in [0.1, 0.15) is 19.8 Å². The molecule has 0 heterocycles. The zero-order chi connectivity index (χ0) is 21.2. The van der Waals surface area contributed by atoms with E-state index in [4.69, 9.17) is 10.2 Å². The number of hydrogen-bond donors (Lipinski definition) is 7. The molecule has 0 spiro atoms. The van der Waals surface area contributed by atoms with Crippen LogP contribution in [0.25, 0.3) is 0 Å². The Morgan fingerprint density at radius 1 is 1.15 bits per heavy atom. The van der Waals surface area contributed by atoms with Gasteiger partial charge in [0.2, 0.25) is 11.8 Å². The van der Waals surface area contributed by atoms with Gasteiger partial charge in [-0.25, -0.2) is 4.79 Å². The molecule has 0 aromatic rings. The molecule has 3 atom stereocenters. The number of carbonyl (C=O) groups excluding carboxylic acids is 2. The Hall–Kier alpha value is -2.60. The molecule has 1 unspecified atom stereocenters. The lowest BCUT2D eigenvalue weighted by Gasteiger charge is -2.26. The minimum Gasteiger partial charge on any atom is -0.480 e. The van der Waals surface area contributed by atoms with Crippen molar-refractivity contribution in [1.29, 1.82) is 0 Å². The first-order valence-electron chi connectivity index (χ1n) is 7.74. The number of thiol groups is 1. The molecule has 0 aromatic heterocycles. The molecule has 27 heavy (non-hydrogen) atoms. The second-order valence-electron chi connectivity index (χ2n) is 5.70. The molecule has 0 rings (SSSR count). The molecule has 0 fully saturated rings. The van der Waals surface area contributed by atoms with E-state index in [0.29, 0.717) is 0 Å². The summed E-state index contributed by atoms with van der Waals surface area (Å²) in [4.78, 5) is 56.7. The van der Waals surface area contributed by atoms with Gasteiger partial charge in [0, 0.05) is 12.2 Å². The summed E-state index contributed by atoms with van der Waals surface area (Å²) in [6.07, 6.45) is 0.455. The van der Waals surface area contributed by atoms with E-state index in [1.807, 2.05) is 0 Å². The van der Waals surface area contributed by atoms with Crippen LogP contribution in [0.2, 0.25) is 0 Å². The quantitative estimate of drug-likeness (QED) is 0.141. The molecule has 0 aliphatic heterocycles. The van der Waals surface area contributed by atoms with E-state index in [2.05, 4.69) is 35.2 Å². The second kappa shape index (κ2) is 11.2. The smallest absolute Gasteiger partial charge is 0.327 e. The van der Waals surface area contributed by atoms with Gasteiger partial charge in [0.15, 0.2) is 0 Å². The van der Waals surface area contributed by atoms with Crippen LogP contribution in [-0.2, 0) is 24.0 Å². The van der Waals surface area contributed by atoms with E-state index < -0.39 is 53.9 Å². The summed E-state index contributed by atoms with van der Waals surface area (Å²) in [5.74, 6) is -5.49. The predicted molar refractivity (Wildman–Crippen MR) is 96.5 cm³/mol. The van der Waals surface area contributed by atoms with E-state index in [1.54, 1.807) is 0 Å². The van der Waals surface area contributed by atoms with Crippen LogP contribution in [0.3, 0.4) is 0 Å². The highest BCUT2D eigenvalue weighted by molar-refractivity contribution is 7.80. The summed E-state index contributed by atoms with van der Waals surface area (Å²) in [5, 5.41) is 33.7. The number of carboxylic acids is 3. The Bertz CT molecular complexity index is 612. The summed E-state index contributed by atoms with van der Waals surface area (Å²) < 4.78 is 0. The topological polar surface area (TPSA) is 182 Å². The minimum absolute atomic E-state index is 0.106. The van der Waals surface area contributed by atoms with Gasteiger partial charge < -0.3 is 26.0 Å². The van der Waals surface area contributed by atoms with Crippen molar-refractivity contribution in [3.8, 4) is 0 Å².